The lowest BCUT2D eigenvalue weighted by molar-refractivity contribution is 0.583. The van der Waals surface area contributed by atoms with Gasteiger partial charge in [0, 0.05) is 23.5 Å². The minimum absolute atomic E-state index is 0.153. The molecule has 0 unspecified atom stereocenters. The van der Waals surface area contributed by atoms with E-state index in [-0.39, 0.29) is 6.04 Å². The molecule has 0 amide bonds. The summed E-state index contributed by atoms with van der Waals surface area (Å²) in [6.45, 7) is 0. The maximum atomic E-state index is 9.11. The molecule has 0 saturated heterocycles. The molecule has 1 aliphatic carbocycles. The summed E-state index contributed by atoms with van der Waals surface area (Å²) in [6, 6.07) is 14.5. The van der Waals surface area contributed by atoms with E-state index in [2.05, 4.69) is 43.7 Å². The summed E-state index contributed by atoms with van der Waals surface area (Å²) in [7, 11) is 0. The highest BCUT2D eigenvalue weighted by molar-refractivity contribution is 5.94. The van der Waals surface area contributed by atoms with Gasteiger partial charge in [0.1, 0.15) is 11.8 Å². The Morgan fingerprint density at radius 1 is 1.22 bits per heavy atom. The third kappa shape index (κ3) is 2.74. The van der Waals surface area contributed by atoms with Crippen LogP contribution in [0.5, 0.6) is 0 Å². The van der Waals surface area contributed by atoms with Gasteiger partial charge in [0.05, 0.1) is 28.5 Å². The number of benzene rings is 1. The van der Waals surface area contributed by atoms with Crippen molar-refractivity contribution in [2.45, 2.75) is 25.3 Å². The van der Waals surface area contributed by atoms with Gasteiger partial charge in [0.15, 0.2) is 0 Å². The summed E-state index contributed by atoms with van der Waals surface area (Å²) in [5.74, 6) is 0. The Morgan fingerprint density at radius 2 is 2.19 bits per heavy atom. The first-order valence-electron chi connectivity index (χ1n) is 9.09. The molecule has 0 saturated carbocycles. The van der Waals surface area contributed by atoms with Crippen LogP contribution in [0.4, 0.5) is 5.69 Å². The topological polar surface area (TPSA) is 93.2 Å². The lowest BCUT2D eigenvalue weighted by atomic mass is 9.91. The summed E-state index contributed by atoms with van der Waals surface area (Å²) in [5, 5.41) is 21.4. The molecule has 6 heteroatoms. The number of nitriles is 1. The van der Waals surface area contributed by atoms with Gasteiger partial charge in [-0.25, -0.2) is 0 Å². The summed E-state index contributed by atoms with van der Waals surface area (Å²) in [6.07, 6.45) is 6.66. The van der Waals surface area contributed by atoms with Gasteiger partial charge in [-0.3, -0.25) is 10.1 Å². The monoisotopic (exact) mass is 354 g/mol. The van der Waals surface area contributed by atoms with Crippen LogP contribution in [0.25, 0.3) is 22.3 Å². The van der Waals surface area contributed by atoms with Crippen molar-refractivity contribution >= 4 is 16.6 Å². The van der Waals surface area contributed by atoms with Crippen LogP contribution in [0.1, 0.15) is 35.7 Å². The van der Waals surface area contributed by atoms with E-state index in [1.807, 2.05) is 30.5 Å². The van der Waals surface area contributed by atoms with Crippen LogP contribution in [0.3, 0.4) is 0 Å². The van der Waals surface area contributed by atoms with E-state index in [0.717, 1.165) is 52.9 Å². The first-order valence-corrected chi connectivity index (χ1v) is 9.09. The standard InChI is InChI=1S/C21H18N6/c22-11-13-9-14-3-1-4-19(20(14)24-12-13)25-15-6-7-17-16(10-15)21(27-26-17)18-5-2-8-23-18/h2,5-10,12,19,23,25H,1,3-4H2,(H,26,27)/t19-/m1/s1. The molecule has 1 aliphatic rings. The average Bonchev–Trinajstić information content (AvgIpc) is 3.37. The first kappa shape index (κ1) is 15.6. The normalized spacial score (nSPS) is 16.0. The molecule has 0 fully saturated rings. The molecule has 27 heavy (non-hydrogen) atoms. The van der Waals surface area contributed by atoms with Crippen LogP contribution < -0.4 is 5.32 Å². The number of anilines is 1. The molecule has 1 atom stereocenters. The van der Waals surface area contributed by atoms with E-state index in [1.165, 1.54) is 5.56 Å². The van der Waals surface area contributed by atoms with Gasteiger partial charge >= 0.3 is 0 Å². The second kappa shape index (κ2) is 6.29. The number of aromatic nitrogens is 4. The maximum Gasteiger partial charge on any atom is 0.116 e. The highest BCUT2D eigenvalue weighted by Gasteiger charge is 2.22. The number of fused-ring (bicyclic) bond motifs is 2. The number of H-pyrrole nitrogens is 2. The smallest absolute Gasteiger partial charge is 0.116 e. The fourth-order valence-electron chi connectivity index (χ4n) is 3.86. The van der Waals surface area contributed by atoms with Gasteiger partial charge in [-0.1, -0.05) is 0 Å². The van der Waals surface area contributed by atoms with Gasteiger partial charge < -0.3 is 10.3 Å². The molecule has 3 N–H and O–H groups in total. The zero-order chi connectivity index (χ0) is 18.2. The molecule has 5 rings (SSSR count). The molecule has 4 aromatic rings. The summed E-state index contributed by atoms with van der Waals surface area (Å²) < 4.78 is 0. The van der Waals surface area contributed by atoms with Gasteiger partial charge in [-0.05, 0) is 61.2 Å². The number of pyridine rings is 1. The molecule has 0 aliphatic heterocycles. The molecule has 6 nitrogen and oxygen atoms in total. The van der Waals surface area contributed by atoms with E-state index in [1.54, 1.807) is 6.20 Å². The predicted octanol–water partition coefficient (Wildman–Crippen LogP) is 4.31. The van der Waals surface area contributed by atoms with Crippen molar-refractivity contribution in [2.75, 3.05) is 5.32 Å². The number of rotatable bonds is 3. The van der Waals surface area contributed by atoms with Gasteiger partial charge in [0.25, 0.3) is 0 Å². The number of hydrogen-bond acceptors (Lipinski definition) is 4. The molecular formula is C21H18N6. The number of aryl methyl sites for hydroxylation is 1. The van der Waals surface area contributed by atoms with E-state index in [0.29, 0.717) is 5.56 Å². The lowest BCUT2D eigenvalue weighted by Crippen LogP contribution is -2.19. The van der Waals surface area contributed by atoms with Crippen molar-refractivity contribution < 1.29 is 0 Å². The van der Waals surface area contributed by atoms with Gasteiger partial charge in [0.2, 0.25) is 0 Å². The third-order valence-corrected chi connectivity index (χ3v) is 5.16. The predicted molar refractivity (Wildman–Crippen MR) is 104 cm³/mol. The van der Waals surface area contributed by atoms with E-state index in [4.69, 9.17) is 5.26 Å². The molecule has 0 bridgehead atoms. The van der Waals surface area contributed by atoms with Crippen LogP contribution >= 0.6 is 0 Å². The largest absolute Gasteiger partial charge is 0.377 e. The molecule has 132 valence electrons. The minimum Gasteiger partial charge on any atom is -0.377 e. The SMILES string of the molecule is N#Cc1cnc2c(c1)CCC[C@H]2Nc1ccc2[nH]nc(-c3ccc[nH]3)c2c1. The van der Waals surface area contributed by atoms with Crippen LogP contribution in [-0.4, -0.2) is 20.2 Å². The highest BCUT2D eigenvalue weighted by atomic mass is 15.1. The fraction of sp³-hybridized carbons (Fsp3) is 0.190. The quantitative estimate of drug-likeness (QED) is 0.511. The van der Waals surface area contributed by atoms with Crippen molar-refractivity contribution in [3.8, 4) is 17.5 Å². The number of nitrogens with one attached hydrogen (secondary N) is 3. The first-order chi connectivity index (χ1) is 13.3. The second-order valence-corrected chi connectivity index (χ2v) is 6.89. The highest BCUT2D eigenvalue weighted by Crippen LogP contribution is 2.33. The van der Waals surface area contributed by atoms with Crippen LogP contribution in [0, 0.1) is 11.3 Å². The Kier molecular flexibility index (Phi) is 3.65. The summed E-state index contributed by atoms with van der Waals surface area (Å²) >= 11 is 0. The van der Waals surface area contributed by atoms with Crippen molar-refractivity contribution in [2.24, 2.45) is 0 Å². The lowest BCUT2D eigenvalue weighted by Gasteiger charge is -2.26. The van der Waals surface area contributed by atoms with Crippen molar-refractivity contribution in [1.29, 1.82) is 5.26 Å². The van der Waals surface area contributed by atoms with Crippen LogP contribution in [-0.2, 0) is 6.42 Å². The molecule has 3 aromatic heterocycles. The minimum atomic E-state index is 0.153. The Bertz CT molecular complexity index is 1150. The number of aromatic amines is 2. The zero-order valence-electron chi connectivity index (χ0n) is 14.7. The van der Waals surface area contributed by atoms with Crippen LogP contribution in [0.2, 0.25) is 0 Å². The maximum absolute atomic E-state index is 9.11. The van der Waals surface area contributed by atoms with E-state index < -0.39 is 0 Å². The summed E-state index contributed by atoms with van der Waals surface area (Å²) in [4.78, 5) is 7.79. The van der Waals surface area contributed by atoms with Gasteiger partial charge in [-0.15, -0.1) is 0 Å². The average molecular weight is 354 g/mol. The molecular weight excluding hydrogens is 336 g/mol. The number of nitrogens with zero attached hydrogens (tertiary/aromatic N) is 3. The van der Waals surface area contributed by atoms with Crippen molar-refractivity contribution in [3.63, 3.8) is 0 Å². The summed E-state index contributed by atoms with van der Waals surface area (Å²) in [5.41, 5.74) is 6.81. The Hall–Kier alpha value is -3.59. The fourth-order valence-corrected chi connectivity index (χ4v) is 3.86. The van der Waals surface area contributed by atoms with Gasteiger partial charge in [-0.2, -0.15) is 10.4 Å². The zero-order valence-corrected chi connectivity index (χ0v) is 14.7. The van der Waals surface area contributed by atoms with E-state index >= 15 is 0 Å². The molecule has 1 aromatic carbocycles. The van der Waals surface area contributed by atoms with Crippen molar-refractivity contribution in [3.05, 3.63) is 65.6 Å². The molecule has 0 radical (unpaired) electrons. The third-order valence-electron chi connectivity index (χ3n) is 5.16. The van der Waals surface area contributed by atoms with Crippen LogP contribution in [0.15, 0.2) is 48.8 Å². The second-order valence-electron chi connectivity index (χ2n) is 6.89. The molecule has 0 spiro atoms. The Balaban J connectivity index is 1.49. The number of hydrogen-bond donors (Lipinski definition) is 3. The molecule has 3 heterocycles. The Morgan fingerprint density at radius 3 is 3.04 bits per heavy atom. The van der Waals surface area contributed by atoms with Crippen molar-refractivity contribution in [1.82, 2.24) is 20.2 Å². The van der Waals surface area contributed by atoms with E-state index in [9.17, 15) is 0 Å². The Labute approximate surface area is 156 Å².